The molecule has 2 unspecified atom stereocenters. The highest BCUT2D eigenvalue weighted by Gasteiger charge is 2.38. The van der Waals surface area contributed by atoms with Crippen LogP contribution in [0.25, 0.3) is 0 Å². The number of likely N-dealkylation sites (N-methyl/N-ethyl adjacent to an activating group) is 1. The molecule has 0 saturated carbocycles. The molecule has 0 spiro atoms. The van der Waals surface area contributed by atoms with E-state index in [0.29, 0.717) is 11.1 Å². The molecule has 2 aliphatic rings. The summed E-state index contributed by atoms with van der Waals surface area (Å²) in [5.41, 5.74) is 9.91. The topological polar surface area (TPSA) is 99.2 Å². The van der Waals surface area contributed by atoms with Gasteiger partial charge in [-0.2, -0.15) is 5.10 Å². The molecule has 1 aliphatic heterocycles. The summed E-state index contributed by atoms with van der Waals surface area (Å²) < 4.78 is 0. The highest BCUT2D eigenvalue weighted by atomic mass is 16.4. The van der Waals surface area contributed by atoms with Crippen LogP contribution in [0.1, 0.15) is 52.4 Å². The Bertz CT molecular complexity index is 1050. The predicted molar refractivity (Wildman–Crippen MR) is 129 cm³/mol. The van der Waals surface area contributed by atoms with Crippen molar-refractivity contribution < 1.29 is 14.7 Å². The van der Waals surface area contributed by atoms with E-state index < -0.39 is 11.5 Å². The SMILES string of the molecule is CN1CCN(N=Cc2ccc(C(=O)c3ccc4c(c3)C(C)(N)C(CC(=O)O)CC4)cc2)CC1. The standard InChI is InChI=1S/C26H32N4O3/c1-26(27)22(16-24(31)32)10-9-19-7-8-21(15-23(19)26)25(33)20-5-3-18(4-6-20)17-28-30-13-11-29(2)12-14-30/h3-8,15,17,22H,9-14,16,27H2,1-2H3,(H,31,32). The van der Waals surface area contributed by atoms with Crippen LogP contribution in [0.15, 0.2) is 47.6 Å². The summed E-state index contributed by atoms with van der Waals surface area (Å²) in [4.78, 5) is 26.7. The van der Waals surface area contributed by atoms with Gasteiger partial charge in [-0.25, -0.2) is 0 Å². The summed E-state index contributed by atoms with van der Waals surface area (Å²) >= 11 is 0. The monoisotopic (exact) mass is 448 g/mol. The zero-order valence-corrected chi connectivity index (χ0v) is 19.3. The Labute approximate surface area is 194 Å². The van der Waals surface area contributed by atoms with Gasteiger partial charge in [0, 0.05) is 42.8 Å². The van der Waals surface area contributed by atoms with Crippen LogP contribution in [0.5, 0.6) is 0 Å². The molecule has 0 bridgehead atoms. The Kier molecular flexibility index (Phi) is 6.63. The van der Waals surface area contributed by atoms with Gasteiger partial charge in [0.25, 0.3) is 0 Å². The number of ketones is 1. The molecule has 7 heteroatoms. The normalized spacial score (nSPS) is 23.5. The zero-order chi connectivity index (χ0) is 23.6. The summed E-state index contributed by atoms with van der Waals surface area (Å²) in [6, 6.07) is 13.1. The molecule has 0 amide bonds. The van der Waals surface area contributed by atoms with Gasteiger partial charge in [-0.1, -0.05) is 36.4 Å². The van der Waals surface area contributed by atoms with Gasteiger partial charge >= 0.3 is 5.97 Å². The maximum atomic E-state index is 13.2. The molecule has 1 aliphatic carbocycles. The third-order valence-corrected chi connectivity index (χ3v) is 7.01. The van der Waals surface area contributed by atoms with Crippen molar-refractivity contribution in [3.8, 4) is 0 Å². The highest BCUT2D eigenvalue weighted by Crippen LogP contribution is 2.40. The molecule has 1 fully saturated rings. The van der Waals surface area contributed by atoms with E-state index in [1.807, 2.05) is 55.6 Å². The van der Waals surface area contributed by atoms with Gasteiger partial charge in [0.05, 0.1) is 12.6 Å². The van der Waals surface area contributed by atoms with Crippen LogP contribution in [-0.2, 0) is 16.8 Å². The molecule has 3 N–H and O–H groups in total. The number of carboxylic acids is 1. The lowest BCUT2D eigenvalue weighted by molar-refractivity contribution is -0.138. The summed E-state index contributed by atoms with van der Waals surface area (Å²) in [6.45, 7) is 5.71. The van der Waals surface area contributed by atoms with Crippen LogP contribution in [0, 0.1) is 5.92 Å². The number of hydrogen-bond acceptors (Lipinski definition) is 6. The number of benzene rings is 2. The smallest absolute Gasteiger partial charge is 0.303 e. The van der Waals surface area contributed by atoms with E-state index in [-0.39, 0.29) is 18.1 Å². The number of piperazine rings is 1. The van der Waals surface area contributed by atoms with Crippen molar-refractivity contribution in [2.45, 2.75) is 31.7 Å². The van der Waals surface area contributed by atoms with Gasteiger partial charge in [0.15, 0.2) is 5.78 Å². The molecule has 174 valence electrons. The first-order valence-corrected chi connectivity index (χ1v) is 11.5. The first kappa shape index (κ1) is 23.1. The average molecular weight is 449 g/mol. The third kappa shape index (κ3) is 5.15. The van der Waals surface area contributed by atoms with Crippen molar-refractivity contribution in [2.24, 2.45) is 16.8 Å². The number of carbonyl (C=O) groups excluding carboxylic acids is 1. The largest absolute Gasteiger partial charge is 0.481 e. The van der Waals surface area contributed by atoms with Gasteiger partial charge in [0.2, 0.25) is 0 Å². The van der Waals surface area contributed by atoms with E-state index in [2.05, 4.69) is 22.1 Å². The molecule has 7 nitrogen and oxygen atoms in total. The fourth-order valence-corrected chi connectivity index (χ4v) is 4.76. The van der Waals surface area contributed by atoms with Crippen LogP contribution in [0.3, 0.4) is 0 Å². The molecule has 1 saturated heterocycles. The Balaban J connectivity index is 1.49. The minimum Gasteiger partial charge on any atom is -0.481 e. The van der Waals surface area contributed by atoms with E-state index in [9.17, 15) is 14.7 Å². The minimum atomic E-state index is -0.844. The van der Waals surface area contributed by atoms with Crippen LogP contribution >= 0.6 is 0 Å². The lowest BCUT2D eigenvalue weighted by Gasteiger charge is -2.40. The Hall–Kier alpha value is -3.03. The number of hydrogen-bond donors (Lipinski definition) is 2. The number of carbonyl (C=O) groups is 2. The van der Waals surface area contributed by atoms with Crippen LogP contribution in [-0.4, -0.2) is 66.2 Å². The third-order valence-electron chi connectivity index (χ3n) is 7.01. The lowest BCUT2D eigenvalue weighted by atomic mass is 9.69. The van der Waals surface area contributed by atoms with Crippen molar-refractivity contribution >= 4 is 18.0 Å². The van der Waals surface area contributed by atoms with Gasteiger partial charge < -0.3 is 15.7 Å². The van der Waals surface area contributed by atoms with Crippen molar-refractivity contribution in [1.29, 1.82) is 0 Å². The van der Waals surface area contributed by atoms with Crippen LogP contribution in [0.2, 0.25) is 0 Å². The summed E-state index contributed by atoms with van der Waals surface area (Å²) in [6.07, 6.45) is 3.37. The van der Waals surface area contributed by atoms with Crippen molar-refractivity contribution in [1.82, 2.24) is 9.91 Å². The minimum absolute atomic E-state index is 0.0295. The Morgan fingerprint density at radius 3 is 2.45 bits per heavy atom. The molecule has 2 aromatic rings. The first-order chi connectivity index (χ1) is 15.7. The molecular formula is C26H32N4O3. The molecule has 33 heavy (non-hydrogen) atoms. The molecular weight excluding hydrogens is 416 g/mol. The van der Waals surface area contributed by atoms with E-state index >= 15 is 0 Å². The van der Waals surface area contributed by atoms with Gasteiger partial charge in [-0.15, -0.1) is 0 Å². The number of nitrogens with zero attached hydrogens (tertiary/aromatic N) is 3. The van der Waals surface area contributed by atoms with Gasteiger partial charge in [0.1, 0.15) is 0 Å². The van der Waals surface area contributed by atoms with Crippen LogP contribution in [0.4, 0.5) is 0 Å². The molecule has 0 aromatic heterocycles. The fraction of sp³-hybridized carbons (Fsp3) is 0.423. The number of aryl methyl sites for hydroxylation is 1. The number of hydrazone groups is 1. The van der Waals surface area contributed by atoms with E-state index in [1.165, 1.54) is 0 Å². The summed E-state index contributed by atoms with van der Waals surface area (Å²) in [7, 11) is 2.11. The Morgan fingerprint density at radius 1 is 1.12 bits per heavy atom. The molecule has 0 radical (unpaired) electrons. The van der Waals surface area contributed by atoms with E-state index in [1.54, 1.807) is 0 Å². The van der Waals surface area contributed by atoms with Crippen LogP contribution < -0.4 is 5.73 Å². The quantitative estimate of drug-likeness (QED) is 0.521. The molecule has 2 aromatic carbocycles. The van der Waals surface area contributed by atoms with Crippen molar-refractivity contribution in [2.75, 3.05) is 33.2 Å². The predicted octanol–water partition coefficient (Wildman–Crippen LogP) is 2.71. The molecule has 4 rings (SSSR count). The summed E-state index contributed by atoms with van der Waals surface area (Å²) in [5.74, 6) is -1.08. The summed E-state index contributed by atoms with van der Waals surface area (Å²) in [5, 5.41) is 15.9. The second-order valence-corrected chi connectivity index (χ2v) is 9.44. The number of aliphatic carboxylic acids is 1. The van der Waals surface area contributed by atoms with E-state index in [4.69, 9.17) is 5.73 Å². The number of fused-ring (bicyclic) bond motifs is 1. The van der Waals surface area contributed by atoms with E-state index in [0.717, 1.165) is 55.7 Å². The highest BCUT2D eigenvalue weighted by molar-refractivity contribution is 6.09. The zero-order valence-electron chi connectivity index (χ0n) is 19.3. The first-order valence-electron chi connectivity index (χ1n) is 11.5. The Morgan fingerprint density at radius 2 is 1.79 bits per heavy atom. The van der Waals surface area contributed by atoms with Crippen molar-refractivity contribution in [3.63, 3.8) is 0 Å². The number of rotatable bonds is 6. The second kappa shape index (κ2) is 9.45. The number of nitrogens with two attached hydrogens (primary N) is 1. The number of carboxylic acid groups (broad SMARTS) is 1. The average Bonchev–Trinajstić information content (AvgIpc) is 2.80. The van der Waals surface area contributed by atoms with Crippen molar-refractivity contribution in [3.05, 3.63) is 70.3 Å². The van der Waals surface area contributed by atoms with Gasteiger partial charge in [-0.05, 0) is 55.5 Å². The van der Waals surface area contributed by atoms with Gasteiger partial charge in [-0.3, -0.25) is 14.6 Å². The molecule has 1 heterocycles. The maximum absolute atomic E-state index is 13.2. The fourth-order valence-electron chi connectivity index (χ4n) is 4.76. The molecule has 2 atom stereocenters. The maximum Gasteiger partial charge on any atom is 0.303 e. The lowest BCUT2D eigenvalue weighted by Crippen LogP contribution is -2.45. The second-order valence-electron chi connectivity index (χ2n) is 9.44.